The summed E-state index contributed by atoms with van der Waals surface area (Å²) in [4.78, 5) is 29.0. The average molecular weight is 314 g/mol. The number of carbonyl (C=O) groups excluding carboxylic acids is 1. The van der Waals surface area contributed by atoms with Gasteiger partial charge in [0, 0.05) is 29.2 Å². The van der Waals surface area contributed by atoms with E-state index in [1.54, 1.807) is 4.90 Å². The molecule has 1 amide bonds. The lowest BCUT2D eigenvalue weighted by molar-refractivity contribution is -0.146. The monoisotopic (exact) mass is 314 g/mol. The van der Waals surface area contributed by atoms with Gasteiger partial charge >= 0.3 is 5.97 Å². The number of fused-ring (bicyclic) bond motifs is 1. The van der Waals surface area contributed by atoms with E-state index in [0.717, 1.165) is 28.6 Å². The number of para-hydroxylation sites is 1. The molecule has 1 aliphatic rings. The number of carboxylic acids is 1. The minimum atomic E-state index is -0.807. The number of hydrogen-bond donors (Lipinski definition) is 2. The third kappa shape index (κ3) is 2.96. The van der Waals surface area contributed by atoms with Crippen LogP contribution in [0.2, 0.25) is 0 Å². The summed E-state index contributed by atoms with van der Waals surface area (Å²) in [6.45, 7) is 4.29. The number of aliphatic carboxylic acids is 1. The van der Waals surface area contributed by atoms with Crippen molar-refractivity contribution in [1.29, 1.82) is 0 Å². The molecule has 1 aromatic carbocycles. The third-order valence-electron chi connectivity index (χ3n) is 4.91. The van der Waals surface area contributed by atoms with E-state index in [2.05, 4.69) is 4.98 Å². The van der Waals surface area contributed by atoms with Crippen molar-refractivity contribution in [2.24, 2.45) is 5.92 Å². The van der Waals surface area contributed by atoms with Crippen molar-refractivity contribution < 1.29 is 14.7 Å². The lowest BCUT2D eigenvalue weighted by atomic mass is 9.93. The number of aryl methyl sites for hydroxylation is 1. The minimum Gasteiger partial charge on any atom is -0.481 e. The van der Waals surface area contributed by atoms with Crippen molar-refractivity contribution in [3.8, 4) is 0 Å². The number of rotatable bonds is 3. The molecule has 2 atom stereocenters. The van der Waals surface area contributed by atoms with Crippen LogP contribution in [-0.4, -0.2) is 39.5 Å². The van der Waals surface area contributed by atoms with E-state index in [4.69, 9.17) is 0 Å². The van der Waals surface area contributed by atoms with E-state index in [0.29, 0.717) is 19.4 Å². The molecule has 1 saturated heterocycles. The predicted molar refractivity (Wildman–Crippen MR) is 88.3 cm³/mol. The maximum absolute atomic E-state index is 12.8. The molecule has 2 N–H and O–H groups in total. The second-order valence-corrected chi connectivity index (χ2v) is 6.46. The van der Waals surface area contributed by atoms with Crippen LogP contribution >= 0.6 is 0 Å². The van der Waals surface area contributed by atoms with E-state index in [1.807, 2.05) is 38.1 Å². The molecule has 23 heavy (non-hydrogen) atoms. The number of aromatic amines is 1. The second kappa shape index (κ2) is 6.07. The van der Waals surface area contributed by atoms with Crippen molar-refractivity contribution in [2.45, 2.75) is 39.2 Å². The first-order chi connectivity index (χ1) is 11.0. The minimum absolute atomic E-state index is 0.0105. The Hall–Kier alpha value is -2.30. The molecule has 0 aliphatic carbocycles. The molecule has 0 saturated carbocycles. The van der Waals surface area contributed by atoms with Gasteiger partial charge in [0.05, 0.1) is 12.3 Å². The number of amides is 1. The van der Waals surface area contributed by atoms with Gasteiger partial charge in [0.1, 0.15) is 0 Å². The van der Waals surface area contributed by atoms with Crippen LogP contribution in [0.25, 0.3) is 10.9 Å². The zero-order chi connectivity index (χ0) is 16.6. The highest BCUT2D eigenvalue weighted by Crippen LogP contribution is 2.26. The lowest BCUT2D eigenvalue weighted by Gasteiger charge is -2.36. The molecule has 0 bridgehead atoms. The molecule has 5 nitrogen and oxygen atoms in total. The molecule has 0 spiro atoms. The molecule has 3 rings (SSSR count). The highest BCUT2D eigenvalue weighted by atomic mass is 16.4. The summed E-state index contributed by atoms with van der Waals surface area (Å²) in [5.41, 5.74) is 3.04. The molecular weight excluding hydrogens is 292 g/mol. The summed E-state index contributed by atoms with van der Waals surface area (Å²) in [5, 5.41) is 10.3. The van der Waals surface area contributed by atoms with Crippen LogP contribution < -0.4 is 0 Å². The summed E-state index contributed by atoms with van der Waals surface area (Å²) in [7, 11) is 0. The number of carboxylic acid groups (broad SMARTS) is 1. The summed E-state index contributed by atoms with van der Waals surface area (Å²) >= 11 is 0. The number of carbonyl (C=O) groups is 2. The lowest BCUT2D eigenvalue weighted by Crippen LogP contribution is -2.47. The van der Waals surface area contributed by atoms with Crippen LogP contribution in [0.15, 0.2) is 24.3 Å². The molecule has 2 unspecified atom stereocenters. The Morgan fingerprint density at radius 3 is 2.78 bits per heavy atom. The van der Waals surface area contributed by atoms with E-state index in [-0.39, 0.29) is 11.9 Å². The van der Waals surface area contributed by atoms with Crippen molar-refractivity contribution >= 4 is 22.8 Å². The number of piperidine rings is 1. The van der Waals surface area contributed by atoms with Gasteiger partial charge in [-0.3, -0.25) is 9.59 Å². The molecule has 5 heteroatoms. The second-order valence-electron chi connectivity index (χ2n) is 6.46. The van der Waals surface area contributed by atoms with Gasteiger partial charge in [-0.1, -0.05) is 18.2 Å². The van der Waals surface area contributed by atoms with Crippen LogP contribution in [-0.2, 0) is 16.0 Å². The Balaban J connectivity index is 1.82. The smallest absolute Gasteiger partial charge is 0.308 e. The maximum Gasteiger partial charge on any atom is 0.308 e. The topological polar surface area (TPSA) is 73.4 Å². The Bertz CT molecular complexity index is 750. The number of hydrogen-bond acceptors (Lipinski definition) is 2. The van der Waals surface area contributed by atoms with E-state index < -0.39 is 11.9 Å². The molecule has 0 radical (unpaired) electrons. The fourth-order valence-electron chi connectivity index (χ4n) is 3.47. The van der Waals surface area contributed by atoms with Crippen LogP contribution in [0, 0.1) is 12.8 Å². The SMILES string of the molecule is Cc1[nH]c2ccccc2c1CC(=O)N1CC(C(=O)O)CCC1C. The highest BCUT2D eigenvalue weighted by Gasteiger charge is 2.32. The van der Waals surface area contributed by atoms with Crippen molar-refractivity contribution in [2.75, 3.05) is 6.54 Å². The fourth-order valence-corrected chi connectivity index (χ4v) is 3.47. The maximum atomic E-state index is 12.8. The zero-order valence-corrected chi connectivity index (χ0v) is 13.5. The van der Waals surface area contributed by atoms with Gasteiger partial charge in [-0.25, -0.2) is 0 Å². The van der Waals surface area contributed by atoms with Crippen LogP contribution in [0.1, 0.15) is 31.0 Å². The van der Waals surface area contributed by atoms with Crippen molar-refractivity contribution in [3.63, 3.8) is 0 Å². The van der Waals surface area contributed by atoms with Gasteiger partial charge in [-0.15, -0.1) is 0 Å². The summed E-state index contributed by atoms with van der Waals surface area (Å²) in [6, 6.07) is 8.05. The molecule has 2 aromatic rings. The number of nitrogens with one attached hydrogen (secondary N) is 1. The summed E-state index contributed by atoms with van der Waals surface area (Å²) < 4.78 is 0. The van der Waals surface area contributed by atoms with Gasteiger partial charge in [0.15, 0.2) is 0 Å². The van der Waals surface area contributed by atoms with Crippen molar-refractivity contribution in [1.82, 2.24) is 9.88 Å². The van der Waals surface area contributed by atoms with Crippen LogP contribution in [0.3, 0.4) is 0 Å². The third-order valence-corrected chi connectivity index (χ3v) is 4.91. The average Bonchev–Trinajstić information content (AvgIpc) is 2.83. The largest absolute Gasteiger partial charge is 0.481 e. The molecule has 2 heterocycles. The molecule has 1 fully saturated rings. The van der Waals surface area contributed by atoms with E-state index >= 15 is 0 Å². The highest BCUT2D eigenvalue weighted by molar-refractivity contribution is 5.90. The molecule has 1 aliphatic heterocycles. The van der Waals surface area contributed by atoms with Gasteiger partial charge in [-0.2, -0.15) is 0 Å². The zero-order valence-electron chi connectivity index (χ0n) is 13.5. The standard InChI is InChI=1S/C18H22N2O3/c1-11-7-8-13(18(22)23)10-20(11)17(21)9-15-12(2)19-16-6-4-3-5-14(15)16/h3-6,11,13,19H,7-10H2,1-2H3,(H,22,23). The molecule has 1 aromatic heterocycles. The van der Waals surface area contributed by atoms with Crippen LogP contribution in [0.4, 0.5) is 0 Å². The van der Waals surface area contributed by atoms with Gasteiger partial charge < -0.3 is 15.0 Å². The Morgan fingerprint density at radius 2 is 2.04 bits per heavy atom. The number of nitrogens with zero attached hydrogens (tertiary/aromatic N) is 1. The first-order valence-electron chi connectivity index (χ1n) is 8.06. The molecular formula is C18H22N2O3. The van der Waals surface area contributed by atoms with Crippen molar-refractivity contribution in [3.05, 3.63) is 35.5 Å². The number of H-pyrrole nitrogens is 1. The Morgan fingerprint density at radius 1 is 1.30 bits per heavy atom. The van der Waals surface area contributed by atoms with Gasteiger partial charge in [0.2, 0.25) is 5.91 Å². The predicted octanol–water partition coefficient (Wildman–Crippen LogP) is 2.73. The number of benzene rings is 1. The molecule has 122 valence electrons. The summed E-state index contributed by atoms with van der Waals surface area (Å²) in [6.07, 6.45) is 1.70. The first kappa shape index (κ1) is 15.6. The quantitative estimate of drug-likeness (QED) is 0.915. The Kier molecular flexibility index (Phi) is 4.11. The Labute approximate surface area is 135 Å². The van der Waals surface area contributed by atoms with Gasteiger partial charge in [0.25, 0.3) is 0 Å². The van der Waals surface area contributed by atoms with E-state index in [1.165, 1.54) is 0 Å². The fraction of sp³-hybridized carbons (Fsp3) is 0.444. The van der Waals surface area contributed by atoms with Crippen LogP contribution in [0.5, 0.6) is 0 Å². The summed E-state index contributed by atoms with van der Waals surface area (Å²) in [5.74, 6) is -1.24. The number of likely N-dealkylation sites (tertiary alicyclic amines) is 1. The normalized spacial score (nSPS) is 21.6. The van der Waals surface area contributed by atoms with Gasteiger partial charge in [-0.05, 0) is 38.3 Å². The van der Waals surface area contributed by atoms with E-state index in [9.17, 15) is 14.7 Å². The number of aromatic nitrogens is 1. The first-order valence-corrected chi connectivity index (χ1v) is 8.06.